The first-order valence-electron chi connectivity index (χ1n) is 6.82. The molecule has 0 saturated carbocycles. The zero-order chi connectivity index (χ0) is 14.7. The normalized spacial score (nSPS) is 10.7. The molecule has 0 fully saturated rings. The first-order chi connectivity index (χ1) is 10.2. The van der Waals surface area contributed by atoms with Crippen molar-refractivity contribution in [3.63, 3.8) is 0 Å². The largest absolute Gasteiger partial charge is 0.383 e. The molecule has 3 rings (SSSR count). The number of nitrogens with zero attached hydrogens (tertiary/aromatic N) is 1. The van der Waals surface area contributed by atoms with Gasteiger partial charge in [0, 0.05) is 35.4 Å². The molecule has 4 heteroatoms. The Balaban J connectivity index is 1.72. The molecule has 0 amide bonds. The number of anilines is 1. The summed E-state index contributed by atoms with van der Waals surface area (Å²) in [4.78, 5) is 12.3. The minimum Gasteiger partial charge on any atom is -0.383 e. The summed E-state index contributed by atoms with van der Waals surface area (Å²) in [5, 5.41) is 5.72. The highest BCUT2D eigenvalue weighted by Crippen LogP contribution is 2.13. The van der Waals surface area contributed by atoms with Crippen LogP contribution in [-0.4, -0.2) is 11.1 Å². The van der Waals surface area contributed by atoms with Crippen LogP contribution in [0.1, 0.15) is 0 Å². The Morgan fingerprint density at radius 1 is 1.00 bits per heavy atom. The Labute approximate surface area is 127 Å². The van der Waals surface area contributed by atoms with E-state index in [2.05, 4.69) is 5.32 Å². The first-order valence-corrected chi connectivity index (χ1v) is 7.19. The minimum absolute atomic E-state index is 0.0472. The molecule has 21 heavy (non-hydrogen) atoms. The molecular weight excluding hydrogens is 284 g/mol. The summed E-state index contributed by atoms with van der Waals surface area (Å²) < 4.78 is 1.73. The number of hydrogen-bond acceptors (Lipinski definition) is 2. The van der Waals surface area contributed by atoms with Gasteiger partial charge in [-0.15, -0.1) is 0 Å². The van der Waals surface area contributed by atoms with E-state index in [-0.39, 0.29) is 5.56 Å². The molecule has 0 bridgehead atoms. The third-order valence-corrected chi connectivity index (χ3v) is 3.66. The zero-order valence-corrected chi connectivity index (χ0v) is 12.2. The second-order valence-electron chi connectivity index (χ2n) is 4.84. The number of fused-ring (bicyclic) bond motifs is 1. The molecule has 0 aliphatic heterocycles. The molecular formula is C17H15ClN2O. The summed E-state index contributed by atoms with van der Waals surface area (Å²) in [5.74, 6) is 0. The van der Waals surface area contributed by atoms with Gasteiger partial charge in [0.2, 0.25) is 0 Å². The lowest BCUT2D eigenvalue weighted by Gasteiger charge is -2.09. The van der Waals surface area contributed by atoms with E-state index in [0.29, 0.717) is 18.1 Å². The predicted molar refractivity (Wildman–Crippen MR) is 88.1 cm³/mol. The molecule has 3 nitrogen and oxygen atoms in total. The van der Waals surface area contributed by atoms with Crippen molar-refractivity contribution in [1.29, 1.82) is 0 Å². The summed E-state index contributed by atoms with van der Waals surface area (Å²) in [6, 6.07) is 17.1. The molecule has 2 aromatic carbocycles. The molecule has 1 N–H and O–H groups in total. The van der Waals surface area contributed by atoms with Crippen molar-refractivity contribution in [1.82, 2.24) is 4.57 Å². The van der Waals surface area contributed by atoms with Gasteiger partial charge in [0.05, 0.1) is 0 Å². The summed E-state index contributed by atoms with van der Waals surface area (Å²) in [6.07, 6.45) is 1.84. The quantitative estimate of drug-likeness (QED) is 0.795. The lowest BCUT2D eigenvalue weighted by Crippen LogP contribution is -2.23. The number of halogens is 1. The van der Waals surface area contributed by atoms with Crippen LogP contribution in [0.15, 0.2) is 65.6 Å². The SMILES string of the molecule is O=c1c2ccccc2ccn1CCNc1ccc(Cl)cc1. The van der Waals surface area contributed by atoms with Gasteiger partial charge in [-0.3, -0.25) is 4.79 Å². The average Bonchev–Trinajstić information content (AvgIpc) is 2.52. The number of benzene rings is 2. The van der Waals surface area contributed by atoms with Crippen LogP contribution >= 0.6 is 11.6 Å². The van der Waals surface area contributed by atoms with Crippen LogP contribution in [0.25, 0.3) is 10.8 Å². The molecule has 0 unspecified atom stereocenters. The van der Waals surface area contributed by atoms with Gasteiger partial charge in [0.15, 0.2) is 0 Å². The van der Waals surface area contributed by atoms with Crippen LogP contribution in [0.5, 0.6) is 0 Å². The average molecular weight is 299 g/mol. The topological polar surface area (TPSA) is 34.0 Å². The van der Waals surface area contributed by atoms with Gasteiger partial charge in [0.1, 0.15) is 0 Å². The Hall–Kier alpha value is -2.26. The fraction of sp³-hybridized carbons (Fsp3) is 0.118. The molecule has 0 saturated heterocycles. The molecule has 0 aliphatic carbocycles. The summed E-state index contributed by atoms with van der Waals surface area (Å²) in [6.45, 7) is 1.30. The van der Waals surface area contributed by atoms with Crippen molar-refractivity contribution in [2.24, 2.45) is 0 Å². The molecule has 1 heterocycles. The van der Waals surface area contributed by atoms with Crippen molar-refractivity contribution >= 4 is 28.1 Å². The van der Waals surface area contributed by atoms with Crippen LogP contribution in [0, 0.1) is 0 Å². The van der Waals surface area contributed by atoms with Crippen molar-refractivity contribution < 1.29 is 0 Å². The van der Waals surface area contributed by atoms with E-state index in [9.17, 15) is 4.79 Å². The lowest BCUT2D eigenvalue weighted by molar-refractivity contribution is 0.704. The standard InChI is InChI=1S/C17H15ClN2O/c18-14-5-7-15(8-6-14)19-10-12-20-11-9-13-3-1-2-4-16(13)17(20)21/h1-9,11,19H,10,12H2. The van der Waals surface area contributed by atoms with Gasteiger partial charge in [-0.1, -0.05) is 29.8 Å². The van der Waals surface area contributed by atoms with Crippen molar-refractivity contribution in [2.75, 3.05) is 11.9 Å². The number of aromatic nitrogens is 1. The maximum atomic E-state index is 12.3. The molecule has 106 valence electrons. The predicted octanol–water partition coefficient (Wildman–Crippen LogP) is 3.77. The van der Waals surface area contributed by atoms with Gasteiger partial charge in [-0.05, 0) is 41.8 Å². The summed E-state index contributed by atoms with van der Waals surface area (Å²) in [5.41, 5.74) is 1.04. The van der Waals surface area contributed by atoms with E-state index in [1.54, 1.807) is 4.57 Å². The van der Waals surface area contributed by atoms with Crippen molar-refractivity contribution in [3.8, 4) is 0 Å². The Kier molecular flexibility index (Phi) is 3.93. The Bertz CT molecular complexity index is 809. The van der Waals surface area contributed by atoms with Crippen LogP contribution in [0.2, 0.25) is 5.02 Å². The minimum atomic E-state index is 0.0472. The van der Waals surface area contributed by atoms with Gasteiger partial charge >= 0.3 is 0 Å². The number of pyridine rings is 1. The zero-order valence-electron chi connectivity index (χ0n) is 11.4. The maximum absolute atomic E-state index is 12.3. The number of hydrogen-bond donors (Lipinski definition) is 1. The summed E-state index contributed by atoms with van der Waals surface area (Å²) >= 11 is 5.84. The van der Waals surface area contributed by atoms with Crippen molar-refractivity contribution in [3.05, 3.63) is 76.2 Å². The van der Waals surface area contributed by atoms with Crippen molar-refractivity contribution in [2.45, 2.75) is 6.54 Å². The molecule has 0 atom stereocenters. The van der Waals surface area contributed by atoms with Crippen LogP contribution in [0.3, 0.4) is 0 Å². The Morgan fingerprint density at radius 2 is 1.76 bits per heavy atom. The van der Waals surface area contributed by atoms with Crippen LogP contribution in [-0.2, 0) is 6.54 Å². The van der Waals surface area contributed by atoms with Gasteiger partial charge in [-0.2, -0.15) is 0 Å². The van der Waals surface area contributed by atoms with E-state index in [0.717, 1.165) is 16.5 Å². The van der Waals surface area contributed by atoms with E-state index in [4.69, 9.17) is 11.6 Å². The van der Waals surface area contributed by atoms with E-state index in [1.165, 1.54) is 0 Å². The first kappa shape index (κ1) is 13.7. The summed E-state index contributed by atoms with van der Waals surface area (Å²) in [7, 11) is 0. The molecule has 3 aromatic rings. The highest BCUT2D eigenvalue weighted by atomic mass is 35.5. The maximum Gasteiger partial charge on any atom is 0.258 e. The van der Waals surface area contributed by atoms with E-state index < -0.39 is 0 Å². The van der Waals surface area contributed by atoms with E-state index >= 15 is 0 Å². The van der Waals surface area contributed by atoms with Gasteiger partial charge in [-0.25, -0.2) is 0 Å². The fourth-order valence-corrected chi connectivity index (χ4v) is 2.42. The Morgan fingerprint density at radius 3 is 2.57 bits per heavy atom. The molecule has 0 aliphatic rings. The fourth-order valence-electron chi connectivity index (χ4n) is 2.29. The number of rotatable bonds is 4. The molecule has 0 radical (unpaired) electrons. The third-order valence-electron chi connectivity index (χ3n) is 3.41. The van der Waals surface area contributed by atoms with Crippen LogP contribution in [0.4, 0.5) is 5.69 Å². The lowest BCUT2D eigenvalue weighted by atomic mass is 10.2. The van der Waals surface area contributed by atoms with Crippen LogP contribution < -0.4 is 10.9 Å². The third kappa shape index (κ3) is 3.09. The number of nitrogens with one attached hydrogen (secondary N) is 1. The highest BCUT2D eigenvalue weighted by molar-refractivity contribution is 6.30. The molecule has 1 aromatic heterocycles. The van der Waals surface area contributed by atoms with E-state index in [1.807, 2.05) is 60.8 Å². The molecule has 0 spiro atoms. The second-order valence-corrected chi connectivity index (χ2v) is 5.27. The smallest absolute Gasteiger partial charge is 0.258 e. The van der Waals surface area contributed by atoms with Gasteiger partial charge in [0.25, 0.3) is 5.56 Å². The van der Waals surface area contributed by atoms with Gasteiger partial charge < -0.3 is 9.88 Å². The second kappa shape index (κ2) is 6.02. The monoisotopic (exact) mass is 298 g/mol. The highest BCUT2D eigenvalue weighted by Gasteiger charge is 2.01.